The average molecular weight is 471 g/mol. The van der Waals surface area contributed by atoms with Gasteiger partial charge in [-0.05, 0) is 42.8 Å². The monoisotopic (exact) mass is 470 g/mol. The van der Waals surface area contributed by atoms with Crippen LogP contribution in [-0.2, 0) is 21.4 Å². The van der Waals surface area contributed by atoms with Gasteiger partial charge in [-0.25, -0.2) is 22.9 Å². The maximum absolute atomic E-state index is 13.9. The summed E-state index contributed by atoms with van der Waals surface area (Å²) < 4.78 is 39.1. The second-order valence-electron chi connectivity index (χ2n) is 6.56. The fraction of sp³-hybridized carbons (Fsp3) is 0.263. The van der Waals surface area contributed by atoms with Crippen molar-refractivity contribution in [3.8, 4) is 0 Å². The number of carbonyl (C=O) groups is 1. The molecule has 3 rings (SSSR count). The number of rotatable bonds is 8. The topological polar surface area (TPSA) is 107 Å². The number of sulfonamides is 1. The summed E-state index contributed by atoms with van der Waals surface area (Å²) in [6, 6.07) is 8.52. The number of primary sulfonamides is 1. The van der Waals surface area contributed by atoms with Gasteiger partial charge in [0.2, 0.25) is 15.9 Å². The Labute approximate surface area is 182 Å². The third-order valence-corrected chi connectivity index (χ3v) is 6.41. The summed E-state index contributed by atoms with van der Waals surface area (Å²) in [6.07, 6.45) is 1.84. The molecular formula is C19H20ClFN4O3S2. The third kappa shape index (κ3) is 5.31. The number of nitrogens with one attached hydrogen (secondary N) is 1. The van der Waals surface area contributed by atoms with E-state index in [1.807, 2.05) is 4.57 Å². The van der Waals surface area contributed by atoms with E-state index in [4.69, 9.17) is 16.7 Å². The van der Waals surface area contributed by atoms with E-state index >= 15 is 0 Å². The van der Waals surface area contributed by atoms with E-state index in [-0.39, 0.29) is 21.4 Å². The van der Waals surface area contributed by atoms with Crippen LogP contribution in [0.3, 0.4) is 0 Å². The van der Waals surface area contributed by atoms with Crippen LogP contribution in [0.5, 0.6) is 0 Å². The van der Waals surface area contributed by atoms with Crippen molar-refractivity contribution in [2.24, 2.45) is 5.14 Å². The van der Waals surface area contributed by atoms with Crippen molar-refractivity contribution < 1.29 is 17.6 Å². The second-order valence-corrected chi connectivity index (χ2v) is 9.50. The smallest absolute Gasteiger partial charge is 0.238 e. The van der Waals surface area contributed by atoms with Crippen molar-refractivity contribution in [2.45, 2.75) is 36.4 Å². The maximum atomic E-state index is 13.9. The highest BCUT2D eigenvalue weighted by atomic mass is 35.5. The minimum absolute atomic E-state index is 0.000439. The SMILES string of the molecule is CCCCn1c(SCC(=O)Nc2ccc(Cl)cc2F)nc2cc(S(N)(=O)=O)ccc21. The van der Waals surface area contributed by atoms with Gasteiger partial charge < -0.3 is 9.88 Å². The van der Waals surface area contributed by atoms with Crippen LogP contribution in [0.4, 0.5) is 10.1 Å². The number of hydrogen-bond acceptors (Lipinski definition) is 5. The van der Waals surface area contributed by atoms with E-state index in [0.717, 1.165) is 24.4 Å². The molecule has 11 heteroatoms. The zero-order valence-corrected chi connectivity index (χ0v) is 18.5. The first kappa shape index (κ1) is 22.5. The Morgan fingerprint density at radius 1 is 1.30 bits per heavy atom. The highest BCUT2D eigenvalue weighted by Gasteiger charge is 2.16. The number of hydrogen-bond donors (Lipinski definition) is 2. The number of imidazole rings is 1. The lowest BCUT2D eigenvalue weighted by molar-refractivity contribution is -0.113. The van der Waals surface area contributed by atoms with Gasteiger partial charge in [-0.1, -0.05) is 36.7 Å². The summed E-state index contributed by atoms with van der Waals surface area (Å²) in [4.78, 5) is 16.7. The zero-order chi connectivity index (χ0) is 21.9. The molecule has 30 heavy (non-hydrogen) atoms. The van der Waals surface area contributed by atoms with Crippen LogP contribution in [0.1, 0.15) is 19.8 Å². The molecule has 0 unspecified atom stereocenters. The number of unbranched alkanes of at least 4 members (excludes halogenated alkanes) is 1. The number of benzene rings is 2. The zero-order valence-electron chi connectivity index (χ0n) is 16.1. The summed E-state index contributed by atoms with van der Waals surface area (Å²) in [6.45, 7) is 2.72. The molecule has 0 spiro atoms. The lowest BCUT2D eigenvalue weighted by Crippen LogP contribution is -2.15. The molecule has 0 saturated carbocycles. The molecule has 0 aliphatic carbocycles. The molecular weight excluding hydrogens is 451 g/mol. The molecule has 0 bridgehead atoms. The predicted molar refractivity (Wildman–Crippen MR) is 117 cm³/mol. The van der Waals surface area contributed by atoms with Gasteiger partial charge in [-0.2, -0.15) is 0 Å². The Hall–Kier alpha value is -2.14. The summed E-state index contributed by atoms with van der Waals surface area (Å²) in [5, 5.41) is 8.52. The van der Waals surface area contributed by atoms with E-state index in [1.54, 1.807) is 6.07 Å². The molecule has 7 nitrogen and oxygen atoms in total. The van der Waals surface area contributed by atoms with Crippen molar-refractivity contribution in [1.82, 2.24) is 9.55 Å². The quantitative estimate of drug-likeness (QED) is 0.484. The molecule has 2 aromatic carbocycles. The molecule has 3 N–H and O–H groups in total. The lowest BCUT2D eigenvalue weighted by Gasteiger charge is -2.09. The van der Waals surface area contributed by atoms with Crippen LogP contribution in [0, 0.1) is 5.82 Å². The number of anilines is 1. The molecule has 0 aliphatic rings. The van der Waals surface area contributed by atoms with Crippen LogP contribution in [-0.4, -0.2) is 29.6 Å². The van der Waals surface area contributed by atoms with Gasteiger partial charge in [0.1, 0.15) is 5.82 Å². The Kier molecular flexibility index (Phi) is 7.02. The number of carbonyl (C=O) groups excluding carboxylic acids is 1. The average Bonchev–Trinajstić information content (AvgIpc) is 3.03. The number of nitrogens with two attached hydrogens (primary N) is 1. The Bertz CT molecular complexity index is 1200. The molecule has 160 valence electrons. The number of amides is 1. The molecule has 1 amide bonds. The normalized spacial score (nSPS) is 11.7. The Balaban J connectivity index is 1.82. The molecule has 3 aromatic rings. The molecule has 0 radical (unpaired) electrons. The minimum atomic E-state index is -3.85. The molecule has 0 aliphatic heterocycles. The van der Waals surface area contributed by atoms with Crippen molar-refractivity contribution in [2.75, 3.05) is 11.1 Å². The number of thioether (sulfide) groups is 1. The number of aryl methyl sites for hydroxylation is 1. The third-order valence-electron chi connectivity index (χ3n) is 4.29. The summed E-state index contributed by atoms with van der Waals surface area (Å²) in [5.41, 5.74) is 1.27. The highest BCUT2D eigenvalue weighted by Crippen LogP contribution is 2.27. The standard InChI is InChI=1S/C19H20ClFN4O3S2/c1-2-3-8-25-17-7-5-13(30(22,27)28)10-16(17)24-19(25)29-11-18(26)23-15-6-4-12(20)9-14(15)21/h4-7,9-10H,2-3,8,11H2,1H3,(H,23,26)(H2,22,27,28). The van der Waals surface area contributed by atoms with E-state index in [1.165, 1.54) is 36.0 Å². The fourth-order valence-electron chi connectivity index (χ4n) is 2.81. The van der Waals surface area contributed by atoms with Gasteiger partial charge in [-0.3, -0.25) is 4.79 Å². The van der Waals surface area contributed by atoms with Crippen molar-refractivity contribution in [1.29, 1.82) is 0 Å². The lowest BCUT2D eigenvalue weighted by atomic mass is 10.3. The van der Waals surface area contributed by atoms with Gasteiger partial charge in [0.15, 0.2) is 5.16 Å². The van der Waals surface area contributed by atoms with Crippen molar-refractivity contribution in [3.63, 3.8) is 0 Å². The van der Waals surface area contributed by atoms with Crippen LogP contribution in [0.2, 0.25) is 5.02 Å². The number of fused-ring (bicyclic) bond motifs is 1. The number of nitrogens with zero attached hydrogens (tertiary/aromatic N) is 2. The molecule has 1 aromatic heterocycles. The highest BCUT2D eigenvalue weighted by molar-refractivity contribution is 7.99. The van der Waals surface area contributed by atoms with Crippen molar-refractivity contribution >= 4 is 56.0 Å². The summed E-state index contributed by atoms with van der Waals surface area (Å²) in [7, 11) is -3.85. The molecule has 0 atom stereocenters. The first-order chi connectivity index (χ1) is 14.2. The van der Waals surface area contributed by atoms with E-state index in [2.05, 4.69) is 17.2 Å². The first-order valence-corrected chi connectivity index (χ1v) is 12.0. The number of halogens is 2. The van der Waals surface area contributed by atoms with E-state index < -0.39 is 21.7 Å². The number of aromatic nitrogens is 2. The fourth-order valence-corrected chi connectivity index (χ4v) is 4.35. The van der Waals surface area contributed by atoms with E-state index in [0.29, 0.717) is 17.2 Å². The van der Waals surface area contributed by atoms with Gasteiger partial charge in [0.25, 0.3) is 0 Å². The second kappa shape index (κ2) is 9.34. The Morgan fingerprint density at radius 3 is 2.73 bits per heavy atom. The predicted octanol–water partition coefficient (Wildman–Crippen LogP) is 4.01. The van der Waals surface area contributed by atoms with Crippen LogP contribution < -0.4 is 10.5 Å². The molecule has 1 heterocycles. The summed E-state index contributed by atoms with van der Waals surface area (Å²) >= 11 is 6.90. The van der Waals surface area contributed by atoms with Crippen LogP contribution in [0.25, 0.3) is 11.0 Å². The van der Waals surface area contributed by atoms with Gasteiger partial charge in [0.05, 0.1) is 27.4 Å². The molecule has 0 fully saturated rings. The van der Waals surface area contributed by atoms with Gasteiger partial charge >= 0.3 is 0 Å². The largest absolute Gasteiger partial charge is 0.323 e. The maximum Gasteiger partial charge on any atom is 0.238 e. The molecule has 0 saturated heterocycles. The van der Waals surface area contributed by atoms with Crippen LogP contribution in [0.15, 0.2) is 46.5 Å². The first-order valence-electron chi connectivity index (χ1n) is 9.10. The van der Waals surface area contributed by atoms with Crippen LogP contribution >= 0.6 is 23.4 Å². The van der Waals surface area contributed by atoms with Gasteiger partial charge in [-0.15, -0.1) is 0 Å². The van der Waals surface area contributed by atoms with Crippen molar-refractivity contribution in [3.05, 3.63) is 47.2 Å². The Morgan fingerprint density at radius 2 is 2.07 bits per heavy atom. The van der Waals surface area contributed by atoms with E-state index in [9.17, 15) is 17.6 Å². The van der Waals surface area contributed by atoms with Gasteiger partial charge in [0, 0.05) is 11.6 Å². The minimum Gasteiger partial charge on any atom is -0.323 e. The summed E-state index contributed by atoms with van der Waals surface area (Å²) in [5.74, 6) is -1.02.